The zero-order chi connectivity index (χ0) is 21.2. The number of rotatable bonds is 9. The molecule has 6 nitrogen and oxygen atoms in total. The van der Waals surface area contributed by atoms with Gasteiger partial charge >= 0.3 is 0 Å². The molecule has 0 bridgehead atoms. The second-order valence-electron chi connectivity index (χ2n) is 7.14. The standard InChI is InChI=1S/C24H31N5O.HI/c1-3-26-24(28-15-12-19-8-6-10-21(18-19)23(30)25-2)27-14-7-16-29-17-13-20-9-4-5-11-22(20)29;/h4-6,8-11,13,17-18H,3,7,12,14-16H2,1-2H3,(H,25,30)(H2,26,27,28);1H. The van der Waals surface area contributed by atoms with Crippen molar-refractivity contribution in [2.45, 2.75) is 26.3 Å². The van der Waals surface area contributed by atoms with Gasteiger partial charge in [-0.1, -0.05) is 30.3 Å². The topological polar surface area (TPSA) is 70.5 Å². The predicted octanol–water partition coefficient (Wildman–Crippen LogP) is 3.81. The Bertz CT molecular complexity index is 998. The molecule has 0 spiro atoms. The molecule has 0 aliphatic carbocycles. The first-order chi connectivity index (χ1) is 14.7. The Hall–Kier alpha value is -2.55. The van der Waals surface area contributed by atoms with Crippen LogP contribution in [-0.4, -0.2) is 43.1 Å². The number of fused-ring (bicyclic) bond motifs is 1. The molecule has 0 aliphatic rings. The highest BCUT2D eigenvalue weighted by atomic mass is 127. The summed E-state index contributed by atoms with van der Waals surface area (Å²) >= 11 is 0. The summed E-state index contributed by atoms with van der Waals surface area (Å²) in [5.74, 6) is 0.771. The Morgan fingerprint density at radius 2 is 1.90 bits per heavy atom. The van der Waals surface area contributed by atoms with Gasteiger partial charge in [0.2, 0.25) is 0 Å². The molecule has 0 saturated heterocycles. The first-order valence-corrected chi connectivity index (χ1v) is 10.6. The quantitative estimate of drug-likeness (QED) is 0.170. The Labute approximate surface area is 201 Å². The van der Waals surface area contributed by atoms with Gasteiger partial charge < -0.3 is 20.5 Å². The van der Waals surface area contributed by atoms with Crippen LogP contribution in [0.5, 0.6) is 0 Å². The van der Waals surface area contributed by atoms with Crippen molar-refractivity contribution < 1.29 is 4.79 Å². The van der Waals surface area contributed by atoms with E-state index in [1.54, 1.807) is 7.05 Å². The highest BCUT2D eigenvalue weighted by molar-refractivity contribution is 14.0. The fraction of sp³-hybridized carbons (Fsp3) is 0.333. The van der Waals surface area contributed by atoms with E-state index in [-0.39, 0.29) is 29.9 Å². The van der Waals surface area contributed by atoms with Crippen LogP contribution in [-0.2, 0) is 13.0 Å². The van der Waals surface area contributed by atoms with Gasteiger partial charge in [-0.25, -0.2) is 0 Å². The van der Waals surface area contributed by atoms with Crippen LogP contribution in [0.2, 0.25) is 0 Å². The van der Waals surface area contributed by atoms with Gasteiger partial charge in [-0.3, -0.25) is 9.79 Å². The lowest BCUT2D eigenvalue weighted by Gasteiger charge is -2.12. The van der Waals surface area contributed by atoms with Gasteiger partial charge in [0.05, 0.1) is 0 Å². The van der Waals surface area contributed by atoms with Crippen LogP contribution in [0.25, 0.3) is 10.9 Å². The van der Waals surface area contributed by atoms with Crippen molar-refractivity contribution in [1.29, 1.82) is 0 Å². The first-order valence-electron chi connectivity index (χ1n) is 10.6. The molecule has 0 saturated carbocycles. The lowest BCUT2D eigenvalue weighted by Crippen LogP contribution is -2.38. The van der Waals surface area contributed by atoms with E-state index in [1.165, 1.54) is 10.9 Å². The minimum absolute atomic E-state index is 0. The van der Waals surface area contributed by atoms with E-state index in [0.29, 0.717) is 5.56 Å². The largest absolute Gasteiger partial charge is 0.357 e. The second kappa shape index (κ2) is 13.0. The van der Waals surface area contributed by atoms with Crippen molar-refractivity contribution in [2.75, 3.05) is 26.7 Å². The van der Waals surface area contributed by atoms with Crippen molar-refractivity contribution in [1.82, 2.24) is 20.5 Å². The number of aromatic nitrogens is 1. The fourth-order valence-electron chi connectivity index (χ4n) is 3.45. The molecule has 31 heavy (non-hydrogen) atoms. The Kier molecular flexibility index (Phi) is 10.4. The molecule has 1 aromatic heterocycles. The average Bonchev–Trinajstić information content (AvgIpc) is 3.19. The highest BCUT2D eigenvalue weighted by Crippen LogP contribution is 2.15. The number of hydrogen-bond acceptors (Lipinski definition) is 2. The molecule has 7 heteroatoms. The maximum absolute atomic E-state index is 11.8. The van der Waals surface area contributed by atoms with Gasteiger partial charge in [0.25, 0.3) is 5.91 Å². The third-order valence-electron chi connectivity index (χ3n) is 4.97. The van der Waals surface area contributed by atoms with E-state index in [1.807, 2.05) is 24.3 Å². The van der Waals surface area contributed by atoms with Crippen molar-refractivity contribution >= 4 is 46.7 Å². The zero-order valence-corrected chi connectivity index (χ0v) is 20.6. The summed E-state index contributed by atoms with van der Waals surface area (Å²) in [6.45, 7) is 5.35. The molecule has 0 aliphatic heterocycles. The molecule has 0 fully saturated rings. The van der Waals surface area contributed by atoms with E-state index in [9.17, 15) is 4.79 Å². The maximum atomic E-state index is 11.8. The summed E-state index contributed by atoms with van der Waals surface area (Å²) in [5, 5.41) is 10.6. The summed E-state index contributed by atoms with van der Waals surface area (Å²) in [7, 11) is 1.65. The van der Waals surface area contributed by atoms with E-state index in [0.717, 1.165) is 50.5 Å². The van der Waals surface area contributed by atoms with E-state index >= 15 is 0 Å². The molecule has 3 N–H and O–H groups in total. The minimum Gasteiger partial charge on any atom is -0.357 e. The van der Waals surface area contributed by atoms with Crippen LogP contribution in [0.15, 0.2) is 65.8 Å². The number of nitrogens with one attached hydrogen (secondary N) is 3. The third-order valence-corrected chi connectivity index (χ3v) is 4.97. The molecule has 0 unspecified atom stereocenters. The van der Waals surface area contributed by atoms with Crippen LogP contribution >= 0.6 is 24.0 Å². The molecule has 1 amide bonds. The summed E-state index contributed by atoms with van der Waals surface area (Å²) in [6, 6.07) is 18.3. The van der Waals surface area contributed by atoms with E-state index in [2.05, 4.69) is 64.0 Å². The van der Waals surface area contributed by atoms with Crippen LogP contribution in [0.3, 0.4) is 0 Å². The number of para-hydroxylation sites is 1. The summed E-state index contributed by atoms with van der Waals surface area (Å²) in [4.78, 5) is 16.5. The van der Waals surface area contributed by atoms with Gasteiger partial charge in [-0.15, -0.1) is 24.0 Å². The van der Waals surface area contributed by atoms with Gasteiger partial charge in [0.15, 0.2) is 5.96 Å². The number of carbonyl (C=O) groups excluding carboxylic acids is 1. The molecule has 3 aromatic rings. The number of halogens is 1. The SMILES string of the molecule is CCNC(=NCCCn1ccc2ccccc21)NCCc1cccc(C(=O)NC)c1.I. The monoisotopic (exact) mass is 533 g/mol. The van der Waals surface area contributed by atoms with E-state index in [4.69, 9.17) is 4.99 Å². The Morgan fingerprint density at radius 3 is 2.71 bits per heavy atom. The van der Waals surface area contributed by atoms with Gasteiger partial charge in [-0.05, 0) is 55.0 Å². The van der Waals surface area contributed by atoms with Gasteiger partial charge in [-0.2, -0.15) is 0 Å². The van der Waals surface area contributed by atoms with Crippen LogP contribution in [0.1, 0.15) is 29.3 Å². The Balaban J connectivity index is 0.00000341. The maximum Gasteiger partial charge on any atom is 0.251 e. The fourth-order valence-corrected chi connectivity index (χ4v) is 3.45. The van der Waals surface area contributed by atoms with Crippen molar-refractivity contribution in [3.63, 3.8) is 0 Å². The summed E-state index contributed by atoms with van der Waals surface area (Å²) < 4.78 is 2.28. The van der Waals surface area contributed by atoms with Gasteiger partial charge in [0.1, 0.15) is 0 Å². The number of guanidine groups is 1. The van der Waals surface area contributed by atoms with Crippen molar-refractivity contribution in [3.05, 3.63) is 71.9 Å². The number of hydrogen-bond donors (Lipinski definition) is 3. The van der Waals surface area contributed by atoms with Crippen LogP contribution < -0.4 is 16.0 Å². The molecular formula is C24H32IN5O. The molecule has 3 rings (SSSR count). The first kappa shape index (κ1) is 24.7. The normalized spacial score (nSPS) is 11.1. The number of aryl methyl sites for hydroxylation is 1. The average molecular weight is 533 g/mol. The number of nitrogens with zero attached hydrogens (tertiary/aromatic N) is 2. The number of benzene rings is 2. The van der Waals surface area contributed by atoms with Crippen LogP contribution in [0, 0.1) is 0 Å². The van der Waals surface area contributed by atoms with Crippen LogP contribution in [0.4, 0.5) is 0 Å². The third kappa shape index (κ3) is 7.27. The smallest absolute Gasteiger partial charge is 0.251 e. The van der Waals surface area contributed by atoms with E-state index < -0.39 is 0 Å². The molecule has 166 valence electrons. The molecule has 0 atom stereocenters. The molecule has 1 heterocycles. The molecule has 0 radical (unpaired) electrons. The predicted molar refractivity (Wildman–Crippen MR) is 139 cm³/mol. The number of amides is 1. The minimum atomic E-state index is -0.0600. The summed E-state index contributed by atoms with van der Waals surface area (Å²) in [6.07, 6.45) is 3.94. The van der Waals surface area contributed by atoms with Crippen molar-refractivity contribution in [2.24, 2.45) is 4.99 Å². The number of carbonyl (C=O) groups is 1. The van der Waals surface area contributed by atoms with Crippen molar-refractivity contribution in [3.8, 4) is 0 Å². The zero-order valence-electron chi connectivity index (χ0n) is 18.2. The Morgan fingerprint density at radius 1 is 1.06 bits per heavy atom. The lowest BCUT2D eigenvalue weighted by atomic mass is 10.1. The second-order valence-corrected chi connectivity index (χ2v) is 7.14. The molecular weight excluding hydrogens is 501 g/mol. The summed E-state index contributed by atoms with van der Waals surface area (Å²) in [5.41, 5.74) is 3.08. The number of aliphatic imine (C=N–C) groups is 1. The van der Waals surface area contributed by atoms with Gasteiger partial charge in [0, 0.05) is 50.5 Å². The molecule has 2 aromatic carbocycles. The lowest BCUT2D eigenvalue weighted by molar-refractivity contribution is 0.0963. The highest BCUT2D eigenvalue weighted by Gasteiger charge is 2.04.